The van der Waals surface area contributed by atoms with Crippen LogP contribution in [0.25, 0.3) is 17.0 Å². The Labute approximate surface area is 212 Å². The Morgan fingerprint density at radius 3 is 2.54 bits per heavy atom. The van der Waals surface area contributed by atoms with Crippen molar-refractivity contribution in [1.29, 1.82) is 0 Å². The number of nitrogens with zero attached hydrogens (tertiary/aromatic N) is 7. The van der Waals surface area contributed by atoms with Gasteiger partial charge in [0.25, 0.3) is 6.43 Å². The van der Waals surface area contributed by atoms with Crippen LogP contribution in [0, 0.1) is 0 Å². The van der Waals surface area contributed by atoms with Crippen LogP contribution in [0.3, 0.4) is 0 Å². The van der Waals surface area contributed by atoms with Crippen LogP contribution >= 0.6 is 0 Å². The van der Waals surface area contributed by atoms with E-state index < -0.39 is 28.4 Å². The topological polar surface area (TPSA) is 128 Å². The van der Waals surface area contributed by atoms with E-state index in [4.69, 9.17) is 9.47 Å². The molecule has 2 aliphatic rings. The van der Waals surface area contributed by atoms with Crippen molar-refractivity contribution in [3.8, 4) is 11.7 Å². The van der Waals surface area contributed by atoms with Crippen molar-refractivity contribution in [2.24, 2.45) is 0 Å². The monoisotopic (exact) mass is 538 g/mol. The van der Waals surface area contributed by atoms with Crippen molar-refractivity contribution in [3.63, 3.8) is 0 Å². The normalized spacial score (nSPS) is 19.5. The Morgan fingerprint density at radius 2 is 1.84 bits per heavy atom. The van der Waals surface area contributed by atoms with Crippen LogP contribution in [0.2, 0.25) is 0 Å². The highest BCUT2D eigenvalue weighted by Gasteiger charge is 2.31. The standard InChI is InChI=1S/C22H28F2N8O4S/c1-35-15-7-5-6-14-17(15)26-19(18(23)24)32(14)22-28-20(27-21(29-22)30-10-12-36-13-11-30)25-16-8-3-4-9-31(16)37(2,33)34/h5-7,16,18H,3-4,8-13H2,1-2H3,(H,25,27,28,29). The third-order valence-corrected chi connectivity index (χ3v) is 7.66. The van der Waals surface area contributed by atoms with Crippen molar-refractivity contribution in [1.82, 2.24) is 28.8 Å². The van der Waals surface area contributed by atoms with Gasteiger partial charge in [0.15, 0.2) is 5.82 Å². The van der Waals surface area contributed by atoms with E-state index in [1.165, 1.54) is 16.0 Å². The number of aromatic nitrogens is 5. The van der Waals surface area contributed by atoms with Gasteiger partial charge in [0.1, 0.15) is 11.3 Å². The average Bonchev–Trinajstić information content (AvgIpc) is 3.29. The maximum Gasteiger partial charge on any atom is 0.296 e. The molecule has 0 radical (unpaired) electrons. The SMILES string of the molecule is COc1cccc2c1nc(C(F)F)n2-c1nc(NC2CCCCN2S(C)(=O)=O)nc(N2CCOCC2)n1. The number of imidazole rings is 1. The number of methoxy groups -OCH3 is 1. The molecule has 1 N–H and O–H groups in total. The highest BCUT2D eigenvalue weighted by atomic mass is 32.2. The minimum absolute atomic E-state index is 0.0632. The minimum Gasteiger partial charge on any atom is -0.494 e. The number of piperidine rings is 1. The van der Waals surface area contributed by atoms with Crippen molar-refractivity contribution in [2.45, 2.75) is 31.9 Å². The number of hydrogen-bond acceptors (Lipinski definition) is 10. The molecule has 37 heavy (non-hydrogen) atoms. The highest BCUT2D eigenvalue weighted by molar-refractivity contribution is 7.88. The summed E-state index contributed by atoms with van der Waals surface area (Å²) in [6.45, 7) is 2.29. The zero-order valence-corrected chi connectivity index (χ0v) is 21.3. The predicted molar refractivity (Wildman–Crippen MR) is 132 cm³/mol. The number of anilines is 2. The lowest BCUT2D eigenvalue weighted by atomic mass is 10.1. The third-order valence-electron chi connectivity index (χ3n) is 6.37. The van der Waals surface area contributed by atoms with E-state index >= 15 is 0 Å². The zero-order valence-electron chi connectivity index (χ0n) is 20.5. The molecule has 3 aromatic rings. The van der Waals surface area contributed by atoms with Crippen LogP contribution in [0.4, 0.5) is 20.7 Å². The number of para-hydroxylation sites is 1. The van der Waals surface area contributed by atoms with Gasteiger partial charge in [-0.15, -0.1) is 0 Å². The summed E-state index contributed by atoms with van der Waals surface area (Å²) in [6.07, 6.45) is -0.228. The van der Waals surface area contributed by atoms with Crippen molar-refractivity contribution in [3.05, 3.63) is 24.0 Å². The van der Waals surface area contributed by atoms with Gasteiger partial charge in [-0.05, 0) is 31.4 Å². The minimum atomic E-state index is -3.49. The first kappa shape index (κ1) is 25.5. The summed E-state index contributed by atoms with van der Waals surface area (Å²) < 4.78 is 66.5. The summed E-state index contributed by atoms with van der Waals surface area (Å²) in [7, 11) is -2.05. The van der Waals surface area contributed by atoms with Crippen molar-refractivity contribution < 1.29 is 26.7 Å². The molecule has 1 atom stereocenters. The zero-order chi connectivity index (χ0) is 26.2. The van der Waals surface area contributed by atoms with Gasteiger partial charge in [-0.1, -0.05) is 6.07 Å². The quantitative estimate of drug-likeness (QED) is 0.478. The van der Waals surface area contributed by atoms with Gasteiger partial charge in [0, 0.05) is 19.6 Å². The maximum absolute atomic E-state index is 14.2. The number of nitrogens with one attached hydrogen (secondary N) is 1. The number of sulfonamides is 1. The van der Waals surface area contributed by atoms with E-state index in [9.17, 15) is 17.2 Å². The van der Waals surface area contributed by atoms with Crippen LogP contribution in [0.15, 0.2) is 18.2 Å². The molecule has 0 bridgehead atoms. The molecule has 5 rings (SSSR count). The Morgan fingerprint density at radius 1 is 1.08 bits per heavy atom. The van der Waals surface area contributed by atoms with E-state index in [2.05, 4.69) is 25.3 Å². The molecule has 12 nitrogen and oxygen atoms in total. The number of ether oxygens (including phenoxy) is 2. The predicted octanol–water partition coefficient (Wildman–Crippen LogP) is 2.18. The Hall–Kier alpha value is -3.17. The second-order valence-electron chi connectivity index (χ2n) is 8.82. The number of alkyl halides is 2. The first-order valence-corrected chi connectivity index (χ1v) is 13.8. The largest absolute Gasteiger partial charge is 0.494 e. The molecular weight excluding hydrogens is 510 g/mol. The summed E-state index contributed by atoms with van der Waals surface area (Å²) in [6, 6.07) is 4.94. The molecule has 0 amide bonds. The smallest absolute Gasteiger partial charge is 0.296 e. The second-order valence-corrected chi connectivity index (χ2v) is 10.8. The van der Waals surface area contributed by atoms with E-state index in [0.29, 0.717) is 50.5 Å². The molecule has 1 aromatic carbocycles. The van der Waals surface area contributed by atoms with E-state index in [1.54, 1.807) is 18.2 Å². The summed E-state index contributed by atoms with van der Waals surface area (Å²) >= 11 is 0. The van der Waals surface area contributed by atoms with E-state index in [0.717, 1.165) is 19.1 Å². The number of morpholine rings is 1. The van der Waals surface area contributed by atoms with Gasteiger partial charge >= 0.3 is 0 Å². The number of benzene rings is 1. The number of hydrogen-bond donors (Lipinski definition) is 1. The fraction of sp³-hybridized carbons (Fsp3) is 0.545. The first-order chi connectivity index (χ1) is 17.8. The first-order valence-electron chi connectivity index (χ1n) is 11.9. The molecule has 200 valence electrons. The second kappa shape index (κ2) is 10.3. The lowest BCUT2D eigenvalue weighted by Crippen LogP contribution is -2.47. The highest BCUT2D eigenvalue weighted by Crippen LogP contribution is 2.32. The van der Waals surface area contributed by atoms with Crippen LogP contribution in [0.1, 0.15) is 31.5 Å². The molecule has 1 unspecified atom stereocenters. The molecule has 0 spiro atoms. The Balaban J connectivity index is 1.64. The maximum atomic E-state index is 14.2. The molecule has 2 saturated heterocycles. The van der Waals surface area contributed by atoms with E-state index in [1.807, 2.05) is 4.90 Å². The molecular formula is C22H28F2N8O4S. The lowest BCUT2D eigenvalue weighted by molar-refractivity contribution is 0.122. The van der Waals surface area contributed by atoms with Gasteiger partial charge in [-0.2, -0.15) is 19.3 Å². The fourth-order valence-electron chi connectivity index (χ4n) is 4.63. The number of halogens is 2. The van der Waals surface area contributed by atoms with Crippen LogP contribution in [-0.4, -0.2) is 89.6 Å². The fourth-order valence-corrected chi connectivity index (χ4v) is 5.71. The molecule has 2 aromatic heterocycles. The molecule has 15 heteroatoms. The molecule has 2 fully saturated rings. The summed E-state index contributed by atoms with van der Waals surface area (Å²) in [5, 5.41) is 3.12. The molecule has 0 aliphatic carbocycles. The van der Waals surface area contributed by atoms with E-state index in [-0.39, 0.29) is 23.4 Å². The van der Waals surface area contributed by atoms with Gasteiger partial charge in [0.05, 0.1) is 38.3 Å². The van der Waals surface area contributed by atoms with Gasteiger partial charge in [-0.25, -0.2) is 22.2 Å². The third kappa shape index (κ3) is 5.15. The van der Waals surface area contributed by atoms with Crippen molar-refractivity contribution in [2.75, 3.05) is 56.4 Å². The van der Waals surface area contributed by atoms with Gasteiger partial charge in [0.2, 0.25) is 27.9 Å². The summed E-state index contributed by atoms with van der Waals surface area (Å²) in [5.41, 5.74) is 0.592. The van der Waals surface area contributed by atoms with Crippen LogP contribution in [0.5, 0.6) is 5.75 Å². The van der Waals surface area contributed by atoms with Gasteiger partial charge < -0.3 is 19.7 Å². The lowest BCUT2D eigenvalue weighted by Gasteiger charge is -2.34. The molecule has 2 aliphatic heterocycles. The van der Waals surface area contributed by atoms with Crippen LogP contribution in [-0.2, 0) is 14.8 Å². The van der Waals surface area contributed by atoms with Crippen molar-refractivity contribution >= 4 is 33.0 Å². The van der Waals surface area contributed by atoms with Crippen LogP contribution < -0.4 is 15.0 Å². The Kier molecular flexibility index (Phi) is 7.09. The molecule has 0 saturated carbocycles. The molecule has 4 heterocycles. The Bertz CT molecular complexity index is 1380. The summed E-state index contributed by atoms with van der Waals surface area (Å²) in [5.74, 6) is 0.0798. The van der Waals surface area contributed by atoms with Gasteiger partial charge in [-0.3, -0.25) is 4.57 Å². The summed E-state index contributed by atoms with van der Waals surface area (Å²) in [4.78, 5) is 19.5. The number of rotatable bonds is 7. The average molecular weight is 539 g/mol. The number of fused-ring (bicyclic) bond motifs is 1.